The molecule has 1 saturated carbocycles. The lowest BCUT2D eigenvalue weighted by molar-refractivity contribution is -0.187. The highest BCUT2D eigenvalue weighted by molar-refractivity contribution is 4.86. The van der Waals surface area contributed by atoms with Crippen LogP contribution in [0.2, 0.25) is 0 Å². The number of hydrogen-bond acceptors (Lipinski definition) is 3. The average molecular weight is 306 g/mol. The molecule has 1 N–H and O–H groups in total. The minimum atomic E-state index is -4.05. The summed E-state index contributed by atoms with van der Waals surface area (Å²) in [6.45, 7) is 2.48. The molecule has 0 bridgehead atoms. The number of ether oxygens (including phenoxy) is 1. The van der Waals surface area contributed by atoms with Gasteiger partial charge in [-0.3, -0.25) is 0 Å². The lowest BCUT2D eigenvalue weighted by Crippen LogP contribution is -2.44. The molecule has 3 atom stereocenters. The van der Waals surface area contributed by atoms with E-state index in [0.29, 0.717) is 19.0 Å². The Hall–Kier alpha value is -0.330. The van der Waals surface area contributed by atoms with E-state index < -0.39 is 12.1 Å². The highest BCUT2D eigenvalue weighted by Gasteiger charge is 2.42. The maximum absolute atomic E-state index is 12.8. The minimum absolute atomic E-state index is 0.114. The Morgan fingerprint density at radius 2 is 1.81 bits per heavy atom. The summed E-state index contributed by atoms with van der Waals surface area (Å²) in [5.74, 6) is -1.15. The van der Waals surface area contributed by atoms with Crippen molar-refractivity contribution in [2.24, 2.45) is 5.92 Å². The molecule has 1 aliphatic carbocycles. The van der Waals surface area contributed by atoms with E-state index in [0.717, 1.165) is 25.9 Å². The first-order chi connectivity index (χ1) is 10.0. The quantitative estimate of drug-likeness (QED) is 0.845. The molecule has 0 aromatic carbocycles. The molecule has 3 nitrogen and oxygen atoms in total. The maximum Gasteiger partial charge on any atom is 0.393 e. The van der Waals surface area contributed by atoms with Crippen LogP contribution >= 0.6 is 0 Å². The predicted molar refractivity (Wildman–Crippen MR) is 74.1 cm³/mol. The Morgan fingerprint density at radius 3 is 2.52 bits per heavy atom. The number of likely N-dealkylation sites (tertiary alicyclic amines) is 1. The van der Waals surface area contributed by atoms with E-state index in [-0.39, 0.29) is 25.2 Å². The third-order valence-corrected chi connectivity index (χ3v) is 4.84. The van der Waals surface area contributed by atoms with Crippen molar-refractivity contribution < 1.29 is 17.9 Å². The fourth-order valence-electron chi connectivity index (χ4n) is 3.43. The molecule has 21 heavy (non-hydrogen) atoms. The van der Waals surface area contributed by atoms with Gasteiger partial charge in [0.25, 0.3) is 0 Å². The van der Waals surface area contributed by atoms with Gasteiger partial charge in [0.15, 0.2) is 0 Å². The number of piperidine rings is 1. The van der Waals surface area contributed by atoms with Crippen LogP contribution in [0, 0.1) is 5.92 Å². The molecule has 122 valence electrons. The van der Waals surface area contributed by atoms with Gasteiger partial charge in [0.05, 0.1) is 18.1 Å². The molecule has 2 heterocycles. The van der Waals surface area contributed by atoms with Gasteiger partial charge in [0.1, 0.15) is 0 Å². The predicted octanol–water partition coefficient (Wildman–Crippen LogP) is 2.56. The van der Waals surface area contributed by atoms with Crippen molar-refractivity contribution in [2.75, 3.05) is 26.2 Å². The summed E-state index contributed by atoms with van der Waals surface area (Å²) in [7, 11) is 0. The first-order valence-electron chi connectivity index (χ1n) is 8.18. The molecule has 0 aromatic rings. The number of halogens is 3. The summed E-state index contributed by atoms with van der Waals surface area (Å²) < 4.78 is 44.4. The van der Waals surface area contributed by atoms with Crippen LogP contribution in [0.1, 0.15) is 38.5 Å². The van der Waals surface area contributed by atoms with Crippen LogP contribution in [-0.2, 0) is 4.74 Å². The second kappa shape index (κ2) is 6.42. The molecule has 3 rings (SSSR count). The highest BCUT2D eigenvalue weighted by atomic mass is 19.4. The zero-order valence-electron chi connectivity index (χ0n) is 12.4. The van der Waals surface area contributed by atoms with Crippen LogP contribution in [0.4, 0.5) is 13.2 Å². The number of nitrogens with zero attached hydrogens (tertiary/aromatic N) is 1. The molecule has 3 unspecified atom stereocenters. The lowest BCUT2D eigenvalue weighted by Gasteiger charge is -2.35. The molecule has 6 heteroatoms. The van der Waals surface area contributed by atoms with Gasteiger partial charge in [-0.2, -0.15) is 13.2 Å². The van der Waals surface area contributed by atoms with Gasteiger partial charge in [-0.05, 0) is 45.1 Å². The lowest BCUT2D eigenvalue weighted by atomic mass is 9.97. The Bertz CT molecular complexity index is 346. The van der Waals surface area contributed by atoms with Crippen molar-refractivity contribution in [1.82, 2.24) is 10.2 Å². The first kappa shape index (κ1) is 15.6. The van der Waals surface area contributed by atoms with E-state index in [9.17, 15) is 13.2 Å². The second-order valence-electron chi connectivity index (χ2n) is 6.78. The van der Waals surface area contributed by atoms with Crippen LogP contribution in [-0.4, -0.2) is 55.5 Å². The van der Waals surface area contributed by atoms with Gasteiger partial charge in [-0.15, -0.1) is 0 Å². The first-order valence-corrected chi connectivity index (χ1v) is 8.18. The molecule has 3 aliphatic rings. The fourth-order valence-corrected chi connectivity index (χ4v) is 3.43. The van der Waals surface area contributed by atoms with E-state index >= 15 is 0 Å². The molecule has 2 saturated heterocycles. The minimum Gasteiger partial charge on any atom is -0.372 e. The summed E-state index contributed by atoms with van der Waals surface area (Å²) in [5.41, 5.74) is 0. The zero-order valence-corrected chi connectivity index (χ0v) is 12.4. The Kier molecular flexibility index (Phi) is 4.76. The van der Waals surface area contributed by atoms with Gasteiger partial charge >= 0.3 is 6.18 Å². The highest BCUT2D eigenvalue weighted by Crippen LogP contribution is 2.33. The normalized spacial score (nSPS) is 35.3. The van der Waals surface area contributed by atoms with E-state index in [1.54, 1.807) is 0 Å². The number of alkyl halides is 3. The monoisotopic (exact) mass is 306 g/mol. The van der Waals surface area contributed by atoms with Gasteiger partial charge in [0, 0.05) is 25.7 Å². The van der Waals surface area contributed by atoms with Gasteiger partial charge in [0.2, 0.25) is 0 Å². The largest absolute Gasteiger partial charge is 0.393 e. The summed E-state index contributed by atoms with van der Waals surface area (Å²) in [4.78, 5) is 1.95. The van der Waals surface area contributed by atoms with Gasteiger partial charge in [-0.25, -0.2) is 0 Å². The molecule has 0 amide bonds. The number of nitrogens with one attached hydrogen (secondary N) is 1. The molecule has 2 aliphatic heterocycles. The van der Waals surface area contributed by atoms with Crippen molar-refractivity contribution in [2.45, 2.75) is 63.0 Å². The standard InChI is InChI=1S/C15H25F3N2O/c16-15(17,18)11-2-1-7-20(9-11)10-14-6-5-13(21-14)8-19-12-3-4-12/h11-14,19H,1-10H2. The van der Waals surface area contributed by atoms with Crippen LogP contribution in [0.25, 0.3) is 0 Å². The van der Waals surface area contributed by atoms with Crippen molar-refractivity contribution >= 4 is 0 Å². The molecule has 0 aromatic heterocycles. The van der Waals surface area contributed by atoms with Crippen LogP contribution in [0.5, 0.6) is 0 Å². The summed E-state index contributed by atoms with van der Waals surface area (Å²) in [6, 6.07) is 0.683. The van der Waals surface area contributed by atoms with E-state index in [2.05, 4.69) is 5.32 Å². The molecular formula is C15H25F3N2O. The van der Waals surface area contributed by atoms with Crippen molar-refractivity contribution in [3.05, 3.63) is 0 Å². The number of rotatable bonds is 5. The third-order valence-electron chi connectivity index (χ3n) is 4.84. The van der Waals surface area contributed by atoms with Crippen molar-refractivity contribution in [3.63, 3.8) is 0 Å². The Morgan fingerprint density at radius 1 is 1.05 bits per heavy atom. The SMILES string of the molecule is FC(F)(F)C1CCCN(CC2CCC(CNC3CC3)O2)C1. The summed E-state index contributed by atoms with van der Waals surface area (Å²) in [5, 5.41) is 3.46. The van der Waals surface area contributed by atoms with E-state index in [1.165, 1.54) is 12.8 Å². The van der Waals surface area contributed by atoms with Crippen LogP contribution in [0.15, 0.2) is 0 Å². The summed E-state index contributed by atoms with van der Waals surface area (Å²) >= 11 is 0. The number of hydrogen-bond donors (Lipinski definition) is 1. The third kappa shape index (κ3) is 4.57. The zero-order chi connectivity index (χ0) is 14.9. The van der Waals surface area contributed by atoms with Crippen molar-refractivity contribution in [3.8, 4) is 0 Å². The molecule has 0 spiro atoms. The fraction of sp³-hybridized carbons (Fsp3) is 1.00. The van der Waals surface area contributed by atoms with Crippen LogP contribution in [0.3, 0.4) is 0 Å². The van der Waals surface area contributed by atoms with E-state index in [1.807, 2.05) is 4.90 Å². The second-order valence-corrected chi connectivity index (χ2v) is 6.78. The average Bonchev–Trinajstić information content (AvgIpc) is 3.16. The van der Waals surface area contributed by atoms with Gasteiger partial charge in [-0.1, -0.05) is 0 Å². The topological polar surface area (TPSA) is 24.5 Å². The Labute approximate surface area is 124 Å². The molecule has 3 fully saturated rings. The smallest absolute Gasteiger partial charge is 0.372 e. The summed E-state index contributed by atoms with van der Waals surface area (Å²) in [6.07, 6.45) is 1.77. The van der Waals surface area contributed by atoms with Gasteiger partial charge < -0.3 is 15.0 Å². The Balaban J connectivity index is 1.39. The molecular weight excluding hydrogens is 281 g/mol. The van der Waals surface area contributed by atoms with Crippen molar-refractivity contribution in [1.29, 1.82) is 0 Å². The maximum atomic E-state index is 12.8. The van der Waals surface area contributed by atoms with E-state index in [4.69, 9.17) is 4.74 Å². The van der Waals surface area contributed by atoms with Crippen LogP contribution < -0.4 is 5.32 Å². The molecule has 0 radical (unpaired) electrons.